The second kappa shape index (κ2) is 13.3. The van der Waals surface area contributed by atoms with Gasteiger partial charge in [-0.25, -0.2) is 9.78 Å². The number of imidazole rings is 1. The number of primary amides is 1. The average Bonchev–Trinajstić information content (AvgIpc) is 3.25. The highest BCUT2D eigenvalue weighted by molar-refractivity contribution is 5.94. The van der Waals surface area contributed by atoms with E-state index >= 15 is 0 Å². The lowest BCUT2D eigenvalue weighted by Gasteiger charge is -2.27. The van der Waals surface area contributed by atoms with Crippen LogP contribution in [-0.2, 0) is 30.4 Å². The van der Waals surface area contributed by atoms with E-state index in [2.05, 4.69) is 25.9 Å². The van der Waals surface area contributed by atoms with Crippen molar-refractivity contribution in [2.45, 2.75) is 70.3 Å². The SMILES string of the molecule is CC(C)C(NC(=O)C(N)CCC(N)=O)C(=O)NC(Cc1cnc[nH]1)C(=O)NC(C(=O)O)C(C)O. The zero-order chi connectivity index (χ0) is 26.0. The molecule has 1 rings (SSSR count). The van der Waals surface area contributed by atoms with E-state index in [1.807, 2.05) is 0 Å². The van der Waals surface area contributed by atoms with Gasteiger partial charge in [0.1, 0.15) is 12.1 Å². The number of nitrogens with two attached hydrogens (primary N) is 2. The molecule has 5 unspecified atom stereocenters. The van der Waals surface area contributed by atoms with E-state index in [0.717, 1.165) is 0 Å². The number of aliphatic hydroxyl groups is 1. The number of nitrogens with one attached hydrogen (secondary N) is 4. The number of H-pyrrole nitrogens is 1. The van der Waals surface area contributed by atoms with Crippen LogP contribution < -0.4 is 27.4 Å². The number of amides is 4. The third kappa shape index (κ3) is 9.15. The van der Waals surface area contributed by atoms with Crippen molar-refractivity contribution < 1.29 is 34.2 Å². The molecule has 5 atom stereocenters. The molecule has 0 radical (unpaired) electrons. The summed E-state index contributed by atoms with van der Waals surface area (Å²) in [7, 11) is 0. The fourth-order valence-corrected chi connectivity index (χ4v) is 2.95. The molecule has 0 aliphatic carbocycles. The molecule has 0 aromatic carbocycles. The highest BCUT2D eigenvalue weighted by atomic mass is 16.4. The molecular formula is C20H33N7O7. The molecular weight excluding hydrogens is 450 g/mol. The molecule has 0 aliphatic rings. The van der Waals surface area contributed by atoms with E-state index in [4.69, 9.17) is 11.5 Å². The first kappa shape index (κ1) is 28.5. The molecule has 1 heterocycles. The zero-order valence-electron chi connectivity index (χ0n) is 19.3. The second-order valence-electron chi connectivity index (χ2n) is 8.25. The molecule has 0 fully saturated rings. The van der Waals surface area contributed by atoms with Gasteiger partial charge in [0, 0.05) is 24.7 Å². The predicted molar refractivity (Wildman–Crippen MR) is 119 cm³/mol. The number of carbonyl (C=O) groups excluding carboxylic acids is 4. The molecule has 190 valence electrons. The first-order chi connectivity index (χ1) is 15.8. The van der Waals surface area contributed by atoms with Crippen LogP contribution in [0.25, 0.3) is 0 Å². The third-order valence-electron chi connectivity index (χ3n) is 4.94. The van der Waals surface area contributed by atoms with Crippen LogP contribution in [0.3, 0.4) is 0 Å². The van der Waals surface area contributed by atoms with Crippen molar-refractivity contribution in [1.29, 1.82) is 0 Å². The molecule has 0 spiro atoms. The first-order valence-corrected chi connectivity index (χ1v) is 10.7. The topological polar surface area (TPSA) is 243 Å². The minimum Gasteiger partial charge on any atom is -0.480 e. The van der Waals surface area contributed by atoms with Crippen molar-refractivity contribution in [2.75, 3.05) is 0 Å². The van der Waals surface area contributed by atoms with Gasteiger partial charge in [0.05, 0.1) is 18.5 Å². The van der Waals surface area contributed by atoms with Gasteiger partial charge in [-0.2, -0.15) is 0 Å². The Morgan fingerprint density at radius 2 is 1.65 bits per heavy atom. The van der Waals surface area contributed by atoms with E-state index in [1.165, 1.54) is 19.4 Å². The molecule has 1 aromatic heterocycles. The van der Waals surface area contributed by atoms with E-state index in [9.17, 15) is 34.2 Å². The average molecular weight is 484 g/mol. The maximum absolute atomic E-state index is 13.0. The van der Waals surface area contributed by atoms with Crippen molar-refractivity contribution in [2.24, 2.45) is 17.4 Å². The minimum absolute atomic E-state index is 0.00558. The number of carboxylic acids is 1. The fraction of sp³-hybridized carbons (Fsp3) is 0.600. The Bertz CT molecular complexity index is 857. The number of carbonyl (C=O) groups is 5. The summed E-state index contributed by atoms with van der Waals surface area (Å²) in [6.07, 6.45) is 1.22. The normalized spacial score (nSPS) is 15.5. The van der Waals surface area contributed by atoms with Gasteiger partial charge in [-0.05, 0) is 19.3 Å². The summed E-state index contributed by atoms with van der Waals surface area (Å²) in [6.45, 7) is 4.53. The van der Waals surface area contributed by atoms with Crippen LogP contribution in [0.5, 0.6) is 0 Å². The van der Waals surface area contributed by atoms with Gasteiger partial charge in [-0.3, -0.25) is 19.2 Å². The lowest BCUT2D eigenvalue weighted by Crippen LogP contribution is -2.59. The minimum atomic E-state index is -1.60. The van der Waals surface area contributed by atoms with Crippen LogP contribution in [0.2, 0.25) is 0 Å². The number of aliphatic carboxylic acids is 1. The Morgan fingerprint density at radius 1 is 1.03 bits per heavy atom. The molecule has 0 aliphatic heterocycles. The number of carboxylic acid groups (broad SMARTS) is 1. The number of aliphatic hydroxyl groups excluding tert-OH is 1. The lowest BCUT2D eigenvalue weighted by atomic mass is 10.0. The number of hydrogen-bond acceptors (Lipinski definition) is 8. The number of aromatic nitrogens is 2. The summed E-state index contributed by atoms with van der Waals surface area (Å²) in [6, 6.07) is -5.02. The fourth-order valence-electron chi connectivity index (χ4n) is 2.95. The molecule has 0 saturated heterocycles. The predicted octanol–water partition coefficient (Wildman–Crippen LogP) is -2.88. The van der Waals surface area contributed by atoms with Crippen LogP contribution in [0.1, 0.15) is 39.3 Å². The number of hydrogen-bond donors (Lipinski definition) is 8. The van der Waals surface area contributed by atoms with Gasteiger partial charge in [0.25, 0.3) is 0 Å². The molecule has 14 heteroatoms. The van der Waals surface area contributed by atoms with Gasteiger partial charge in [-0.15, -0.1) is 0 Å². The van der Waals surface area contributed by atoms with E-state index in [-0.39, 0.29) is 19.3 Å². The molecule has 0 saturated carbocycles. The maximum atomic E-state index is 13.0. The van der Waals surface area contributed by atoms with Gasteiger partial charge in [0.2, 0.25) is 23.6 Å². The Hall–Kier alpha value is -3.52. The second-order valence-corrected chi connectivity index (χ2v) is 8.25. The largest absolute Gasteiger partial charge is 0.480 e. The van der Waals surface area contributed by atoms with Crippen molar-refractivity contribution >= 4 is 29.6 Å². The monoisotopic (exact) mass is 483 g/mol. The molecule has 0 bridgehead atoms. The van der Waals surface area contributed by atoms with Crippen molar-refractivity contribution in [3.63, 3.8) is 0 Å². The number of nitrogens with zero attached hydrogens (tertiary/aromatic N) is 1. The van der Waals surface area contributed by atoms with Crippen molar-refractivity contribution in [1.82, 2.24) is 25.9 Å². The highest BCUT2D eigenvalue weighted by Gasteiger charge is 2.33. The summed E-state index contributed by atoms with van der Waals surface area (Å²) < 4.78 is 0. The standard InChI is InChI=1S/C20H33N7O7/c1-9(2)15(26-17(30)12(21)4-5-14(22)29)19(32)25-13(6-11-7-23-8-24-11)18(31)27-16(10(3)28)20(33)34/h7-10,12-13,15-16,28H,4-6,21H2,1-3H3,(H2,22,29)(H,23,24)(H,25,32)(H,26,30)(H,27,31)(H,33,34). The summed E-state index contributed by atoms with van der Waals surface area (Å²) in [5.74, 6) is -4.73. The third-order valence-corrected chi connectivity index (χ3v) is 4.94. The van der Waals surface area contributed by atoms with Crippen LogP contribution in [0, 0.1) is 5.92 Å². The molecule has 1 aromatic rings. The summed E-state index contributed by atoms with van der Waals surface area (Å²) >= 11 is 0. The van der Waals surface area contributed by atoms with Crippen molar-refractivity contribution in [3.8, 4) is 0 Å². The Balaban J connectivity index is 3.00. The Morgan fingerprint density at radius 3 is 2.12 bits per heavy atom. The lowest BCUT2D eigenvalue weighted by molar-refractivity contribution is -0.145. The smallest absolute Gasteiger partial charge is 0.328 e. The quantitative estimate of drug-likeness (QED) is 0.135. The maximum Gasteiger partial charge on any atom is 0.328 e. The Kier molecular flexibility index (Phi) is 11.1. The number of rotatable bonds is 14. The van der Waals surface area contributed by atoms with Gasteiger partial charge in [0.15, 0.2) is 6.04 Å². The van der Waals surface area contributed by atoms with Crippen LogP contribution in [0.4, 0.5) is 0 Å². The van der Waals surface area contributed by atoms with Crippen LogP contribution in [0.15, 0.2) is 12.5 Å². The highest BCUT2D eigenvalue weighted by Crippen LogP contribution is 2.07. The summed E-state index contributed by atoms with van der Waals surface area (Å²) in [5.41, 5.74) is 11.3. The van der Waals surface area contributed by atoms with Crippen LogP contribution >= 0.6 is 0 Å². The van der Waals surface area contributed by atoms with Gasteiger partial charge >= 0.3 is 5.97 Å². The molecule has 10 N–H and O–H groups in total. The van der Waals surface area contributed by atoms with E-state index < -0.39 is 65.8 Å². The van der Waals surface area contributed by atoms with Gasteiger partial charge in [-0.1, -0.05) is 13.8 Å². The van der Waals surface area contributed by atoms with E-state index in [0.29, 0.717) is 5.69 Å². The van der Waals surface area contributed by atoms with Crippen molar-refractivity contribution in [3.05, 3.63) is 18.2 Å². The van der Waals surface area contributed by atoms with E-state index in [1.54, 1.807) is 13.8 Å². The molecule has 14 nitrogen and oxygen atoms in total. The Labute approximate surface area is 196 Å². The molecule has 4 amide bonds. The first-order valence-electron chi connectivity index (χ1n) is 10.7. The number of aromatic amines is 1. The summed E-state index contributed by atoms with van der Waals surface area (Å²) in [4.78, 5) is 67.1. The molecule has 34 heavy (non-hydrogen) atoms. The van der Waals surface area contributed by atoms with Gasteiger partial charge < -0.3 is 42.6 Å². The van der Waals surface area contributed by atoms with Crippen LogP contribution in [-0.4, -0.2) is 80.1 Å². The summed E-state index contributed by atoms with van der Waals surface area (Å²) in [5, 5.41) is 26.1. The zero-order valence-corrected chi connectivity index (χ0v) is 19.3.